The zero-order chi connectivity index (χ0) is 14.0. The quantitative estimate of drug-likeness (QED) is 0.471. The number of benzene rings is 1. The maximum absolute atomic E-state index is 11.6. The summed E-state index contributed by atoms with van der Waals surface area (Å²) in [6.45, 7) is 3.01. The topological polar surface area (TPSA) is 90.8 Å². The highest BCUT2D eigenvalue weighted by atomic mass is 16.6. The number of carbonyl (C=O) groups excluding carboxylic acids is 1. The molecule has 1 aromatic carbocycles. The van der Waals surface area contributed by atoms with Crippen molar-refractivity contribution in [2.75, 3.05) is 20.3 Å². The van der Waals surface area contributed by atoms with E-state index >= 15 is 0 Å². The molecule has 1 amide bonds. The van der Waals surface area contributed by atoms with Gasteiger partial charge >= 0.3 is 0 Å². The number of ether oxygens (including phenoxy) is 2. The monoisotopic (exact) mass is 265 g/mol. The number of nitrogens with two attached hydrogens (primary N) is 2. The van der Waals surface area contributed by atoms with Crippen LogP contribution in [0.2, 0.25) is 0 Å². The first-order valence-corrected chi connectivity index (χ1v) is 6.16. The highest BCUT2D eigenvalue weighted by Gasteiger charge is 2.20. The average molecular weight is 265 g/mol. The van der Waals surface area contributed by atoms with Crippen LogP contribution in [0.1, 0.15) is 23.6 Å². The van der Waals surface area contributed by atoms with Crippen molar-refractivity contribution in [2.24, 2.45) is 11.6 Å². The van der Waals surface area contributed by atoms with Crippen LogP contribution in [0.15, 0.2) is 12.1 Å². The summed E-state index contributed by atoms with van der Waals surface area (Å²) in [5, 5.41) is 1.05. The van der Waals surface area contributed by atoms with Gasteiger partial charge in [0.05, 0.1) is 0 Å². The van der Waals surface area contributed by atoms with Crippen molar-refractivity contribution < 1.29 is 14.3 Å². The number of hydrogen-bond acceptors (Lipinski definition) is 5. The molecule has 0 saturated heterocycles. The standard InChI is InChI=1S/C13H19N3O3/c1-8-5-11-12(19-4-3-18-11)6-9(8)10(14)7-13(17)16(2)15/h5-6,10H,3-4,7,14-15H2,1-2H3. The van der Waals surface area contributed by atoms with Gasteiger partial charge in [0.25, 0.3) is 0 Å². The Bertz CT molecular complexity index is 488. The van der Waals surface area contributed by atoms with Crippen LogP contribution in [0.25, 0.3) is 0 Å². The van der Waals surface area contributed by atoms with Gasteiger partial charge in [0.15, 0.2) is 11.5 Å². The number of nitrogens with zero attached hydrogens (tertiary/aromatic N) is 1. The van der Waals surface area contributed by atoms with Gasteiger partial charge in [0.1, 0.15) is 13.2 Å². The number of hydrogen-bond donors (Lipinski definition) is 2. The van der Waals surface area contributed by atoms with E-state index in [2.05, 4.69) is 0 Å². The molecular weight excluding hydrogens is 246 g/mol. The second-order valence-corrected chi connectivity index (χ2v) is 4.67. The first-order chi connectivity index (χ1) is 8.99. The van der Waals surface area contributed by atoms with Crippen LogP contribution < -0.4 is 21.1 Å². The summed E-state index contributed by atoms with van der Waals surface area (Å²) in [6.07, 6.45) is 0.160. The van der Waals surface area contributed by atoms with Gasteiger partial charge in [-0.1, -0.05) is 0 Å². The molecule has 0 radical (unpaired) electrons. The molecule has 1 unspecified atom stereocenters. The molecule has 0 bridgehead atoms. The first kappa shape index (κ1) is 13.6. The molecule has 0 aliphatic carbocycles. The third kappa shape index (κ3) is 2.97. The van der Waals surface area contributed by atoms with Gasteiger partial charge in [0, 0.05) is 19.5 Å². The SMILES string of the molecule is Cc1cc2c(cc1C(N)CC(=O)N(C)N)OCCO2. The molecule has 1 heterocycles. The Morgan fingerprint density at radius 1 is 1.37 bits per heavy atom. The summed E-state index contributed by atoms with van der Waals surface area (Å²) >= 11 is 0. The van der Waals surface area contributed by atoms with E-state index in [0.717, 1.165) is 21.9 Å². The Morgan fingerprint density at radius 3 is 2.53 bits per heavy atom. The third-order valence-corrected chi connectivity index (χ3v) is 3.12. The largest absolute Gasteiger partial charge is 0.486 e. The Labute approximate surface area is 112 Å². The van der Waals surface area contributed by atoms with Gasteiger partial charge in [-0.15, -0.1) is 0 Å². The van der Waals surface area contributed by atoms with Crippen LogP contribution in [0, 0.1) is 6.92 Å². The van der Waals surface area contributed by atoms with Crippen molar-refractivity contribution in [3.05, 3.63) is 23.3 Å². The van der Waals surface area contributed by atoms with E-state index < -0.39 is 6.04 Å². The minimum atomic E-state index is -0.408. The molecule has 1 aliphatic heterocycles. The minimum absolute atomic E-state index is 0.160. The van der Waals surface area contributed by atoms with Crippen molar-refractivity contribution in [3.8, 4) is 11.5 Å². The molecule has 19 heavy (non-hydrogen) atoms. The van der Waals surface area contributed by atoms with E-state index in [1.165, 1.54) is 7.05 Å². The van der Waals surface area contributed by atoms with E-state index in [9.17, 15) is 4.79 Å². The summed E-state index contributed by atoms with van der Waals surface area (Å²) in [5.41, 5.74) is 7.92. The molecule has 0 fully saturated rings. The number of carbonyl (C=O) groups is 1. The average Bonchev–Trinajstić information content (AvgIpc) is 2.37. The maximum atomic E-state index is 11.6. The third-order valence-electron chi connectivity index (χ3n) is 3.12. The van der Waals surface area contributed by atoms with Crippen molar-refractivity contribution in [1.82, 2.24) is 5.01 Å². The number of rotatable bonds is 3. The number of hydrazine groups is 1. The number of aryl methyl sites for hydroxylation is 1. The molecular formula is C13H19N3O3. The van der Waals surface area contributed by atoms with E-state index in [4.69, 9.17) is 21.1 Å². The normalized spacial score (nSPS) is 14.9. The number of amides is 1. The lowest BCUT2D eigenvalue weighted by Gasteiger charge is -2.22. The van der Waals surface area contributed by atoms with Crippen LogP contribution in [-0.2, 0) is 4.79 Å². The Hall–Kier alpha value is -1.79. The smallest absolute Gasteiger partial charge is 0.238 e. The van der Waals surface area contributed by atoms with Gasteiger partial charge in [-0.3, -0.25) is 9.80 Å². The number of fused-ring (bicyclic) bond motifs is 1. The summed E-state index contributed by atoms with van der Waals surface area (Å²) in [7, 11) is 1.51. The van der Waals surface area contributed by atoms with Gasteiger partial charge in [-0.2, -0.15) is 0 Å². The van der Waals surface area contributed by atoms with Crippen molar-refractivity contribution >= 4 is 5.91 Å². The molecule has 4 N–H and O–H groups in total. The molecule has 2 rings (SSSR count). The second kappa shape index (κ2) is 5.46. The molecule has 6 heteroatoms. The predicted molar refractivity (Wildman–Crippen MR) is 70.7 cm³/mol. The molecule has 0 spiro atoms. The lowest BCUT2D eigenvalue weighted by atomic mass is 9.98. The van der Waals surface area contributed by atoms with E-state index in [1.807, 2.05) is 19.1 Å². The van der Waals surface area contributed by atoms with Crippen LogP contribution in [-0.4, -0.2) is 31.2 Å². The Balaban J connectivity index is 2.22. The van der Waals surface area contributed by atoms with Crippen LogP contribution >= 0.6 is 0 Å². The van der Waals surface area contributed by atoms with Gasteiger partial charge in [0.2, 0.25) is 5.91 Å². The van der Waals surface area contributed by atoms with E-state index in [-0.39, 0.29) is 12.3 Å². The second-order valence-electron chi connectivity index (χ2n) is 4.67. The van der Waals surface area contributed by atoms with Crippen molar-refractivity contribution in [1.29, 1.82) is 0 Å². The molecule has 6 nitrogen and oxygen atoms in total. The fourth-order valence-electron chi connectivity index (χ4n) is 2.05. The molecule has 0 saturated carbocycles. The lowest BCUT2D eigenvalue weighted by Crippen LogP contribution is -2.35. The van der Waals surface area contributed by atoms with Crippen LogP contribution in [0.5, 0.6) is 11.5 Å². The van der Waals surface area contributed by atoms with Gasteiger partial charge < -0.3 is 15.2 Å². The van der Waals surface area contributed by atoms with Crippen molar-refractivity contribution in [2.45, 2.75) is 19.4 Å². The molecule has 1 aromatic rings. The first-order valence-electron chi connectivity index (χ1n) is 6.16. The Morgan fingerprint density at radius 2 is 1.95 bits per heavy atom. The minimum Gasteiger partial charge on any atom is -0.486 e. The molecule has 104 valence electrons. The predicted octanol–water partition coefficient (Wildman–Crippen LogP) is 0.488. The van der Waals surface area contributed by atoms with Gasteiger partial charge in [-0.05, 0) is 30.2 Å². The van der Waals surface area contributed by atoms with Gasteiger partial charge in [-0.25, -0.2) is 5.84 Å². The van der Waals surface area contributed by atoms with Crippen LogP contribution in [0.4, 0.5) is 0 Å². The summed E-state index contributed by atoms with van der Waals surface area (Å²) in [5.74, 6) is 6.59. The summed E-state index contributed by atoms with van der Waals surface area (Å²) in [6, 6.07) is 3.33. The maximum Gasteiger partial charge on any atom is 0.238 e. The fraction of sp³-hybridized carbons (Fsp3) is 0.462. The summed E-state index contributed by atoms with van der Waals surface area (Å²) in [4.78, 5) is 11.6. The van der Waals surface area contributed by atoms with Crippen LogP contribution in [0.3, 0.4) is 0 Å². The highest BCUT2D eigenvalue weighted by molar-refractivity contribution is 5.76. The zero-order valence-electron chi connectivity index (χ0n) is 11.2. The van der Waals surface area contributed by atoms with E-state index in [0.29, 0.717) is 19.0 Å². The lowest BCUT2D eigenvalue weighted by molar-refractivity contribution is -0.130. The Kier molecular flexibility index (Phi) is 3.92. The van der Waals surface area contributed by atoms with E-state index in [1.54, 1.807) is 0 Å². The molecule has 1 aliphatic rings. The molecule has 0 aromatic heterocycles. The molecule has 1 atom stereocenters. The summed E-state index contributed by atoms with van der Waals surface area (Å²) < 4.78 is 11.0. The highest BCUT2D eigenvalue weighted by Crippen LogP contribution is 2.35. The van der Waals surface area contributed by atoms with Crippen molar-refractivity contribution in [3.63, 3.8) is 0 Å². The zero-order valence-corrected chi connectivity index (χ0v) is 11.2. The fourth-order valence-corrected chi connectivity index (χ4v) is 2.05.